The van der Waals surface area contributed by atoms with Gasteiger partial charge in [-0.25, -0.2) is 17.9 Å². The maximum Gasteiger partial charge on any atom is 0.315 e. The van der Waals surface area contributed by atoms with Gasteiger partial charge >= 0.3 is 6.03 Å². The van der Waals surface area contributed by atoms with Crippen molar-refractivity contribution in [3.05, 3.63) is 70.8 Å². The lowest BCUT2D eigenvalue weighted by atomic mass is 10.00. The molecule has 1 aliphatic heterocycles. The highest BCUT2D eigenvalue weighted by Crippen LogP contribution is 2.17. The Kier molecular flexibility index (Phi) is 8.06. The number of urea groups is 1. The SMILES string of the molecule is CC(C)NS(=O)(=O)Cc1ccccc1CNC(=O)NCCN1CCc2ccccc2C1. The molecule has 0 spiro atoms. The number of fused-ring (bicyclic) bond motifs is 1. The van der Waals surface area contributed by atoms with Crippen LogP contribution in [0.5, 0.6) is 0 Å². The molecule has 1 heterocycles. The normalized spacial score (nSPS) is 14.3. The Morgan fingerprint density at radius 3 is 2.42 bits per heavy atom. The molecule has 168 valence electrons. The molecule has 0 fully saturated rings. The molecular formula is C23H32N4O3S. The predicted octanol–water partition coefficient (Wildman–Crippen LogP) is 2.37. The molecule has 1 aliphatic rings. The summed E-state index contributed by atoms with van der Waals surface area (Å²) in [5.74, 6) is -0.110. The van der Waals surface area contributed by atoms with Crippen LogP contribution in [0.1, 0.15) is 36.1 Å². The molecule has 2 aromatic rings. The molecule has 31 heavy (non-hydrogen) atoms. The standard InChI is InChI=1S/C23H32N4O3S/c1-18(2)26-31(29,30)17-22-10-6-4-8-20(22)15-25-23(28)24-12-14-27-13-11-19-7-3-5-9-21(19)16-27/h3-10,18,26H,11-17H2,1-2H3,(H2,24,25,28). The summed E-state index contributed by atoms with van der Waals surface area (Å²) in [7, 11) is -3.43. The molecule has 0 radical (unpaired) electrons. The molecule has 0 atom stereocenters. The highest BCUT2D eigenvalue weighted by molar-refractivity contribution is 7.88. The number of nitrogens with one attached hydrogen (secondary N) is 3. The van der Waals surface area contributed by atoms with Gasteiger partial charge in [-0.05, 0) is 42.5 Å². The van der Waals surface area contributed by atoms with E-state index in [9.17, 15) is 13.2 Å². The average Bonchev–Trinajstić information content (AvgIpc) is 2.72. The van der Waals surface area contributed by atoms with Crippen LogP contribution in [0.3, 0.4) is 0 Å². The van der Waals surface area contributed by atoms with Crippen LogP contribution >= 0.6 is 0 Å². The number of amides is 2. The number of sulfonamides is 1. The second-order valence-corrected chi connectivity index (χ2v) is 9.96. The number of hydrogen-bond acceptors (Lipinski definition) is 4. The van der Waals surface area contributed by atoms with E-state index in [4.69, 9.17) is 0 Å². The summed E-state index contributed by atoms with van der Waals surface area (Å²) < 4.78 is 27.1. The third-order valence-electron chi connectivity index (χ3n) is 5.24. The Labute approximate surface area is 185 Å². The monoisotopic (exact) mass is 444 g/mol. The molecular weight excluding hydrogens is 412 g/mol. The van der Waals surface area contributed by atoms with Crippen molar-refractivity contribution < 1.29 is 13.2 Å². The van der Waals surface area contributed by atoms with Crippen LogP contribution in [-0.4, -0.2) is 45.0 Å². The summed E-state index contributed by atoms with van der Waals surface area (Å²) in [5, 5.41) is 5.73. The number of carbonyl (C=O) groups excluding carboxylic acids is 1. The van der Waals surface area contributed by atoms with Crippen LogP contribution in [0.25, 0.3) is 0 Å². The fourth-order valence-electron chi connectivity index (χ4n) is 3.79. The second kappa shape index (κ2) is 10.7. The van der Waals surface area contributed by atoms with Crippen LogP contribution in [0, 0.1) is 0 Å². The van der Waals surface area contributed by atoms with Crippen molar-refractivity contribution in [2.45, 2.75) is 45.2 Å². The van der Waals surface area contributed by atoms with Crippen molar-refractivity contribution in [3.8, 4) is 0 Å². The molecule has 2 amide bonds. The molecule has 8 heteroatoms. The molecule has 0 aromatic heterocycles. The highest BCUT2D eigenvalue weighted by Gasteiger charge is 2.17. The van der Waals surface area contributed by atoms with Gasteiger partial charge in [0.25, 0.3) is 0 Å². The van der Waals surface area contributed by atoms with Gasteiger partial charge in [0.05, 0.1) is 5.75 Å². The maximum absolute atomic E-state index is 12.3. The lowest BCUT2D eigenvalue weighted by Crippen LogP contribution is -2.41. The van der Waals surface area contributed by atoms with Crippen molar-refractivity contribution in [3.63, 3.8) is 0 Å². The van der Waals surface area contributed by atoms with Gasteiger partial charge in [0, 0.05) is 38.8 Å². The largest absolute Gasteiger partial charge is 0.337 e. The minimum atomic E-state index is -3.43. The summed E-state index contributed by atoms with van der Waals surface area (Å²) in [4.78, 5) is 14.6. The van der Waals surface area contributed by atoms with Crippen molar-refractivity contribution in [1.29, 1.82) is 0 Å². The predicted molar refractivity (Wildman–Crippen MR) is 123 cm³/mol. The van der Waals surface area contributed by atoms with E-state index < -0.39 is 10.0 Å². The molecule has 0 bridgehead atoms. The smallest absolute Gasteiger partial charge is 0.315 e. The third kappa shape index (κ3) is 7.34. The fourth-order valence-corrected chi connectivity index (χ4v) is 5.28. The van der Waals surface area contributed by atoms with Gasteiger partial charge in [0.1, 0.15) is 0 Å². The molecule has 3 rings (SSSR count). The van der Waals surface area contributed by atoms with E-state index in [-0.39, 0.29) is 24.4 Å². The lowest BCUT2D eigenvalue weighted by Gasteiger charge is -2.28. The fraction of sp³-hybridized carbons (Fsp3) is 0.435. The zero-order chi connectivity index (χ0) is 22.3. The van der Waals surface area contributed by atoms with E-state index >= 15 is 0 Å². The minimum absolute atomic E-state index is 0.110. The Morgan fingerprint density at radius 2 is 1.68 bits per heavy atom. The number of hydrogen-bond donors (Lipinski definition) is 3. The van der Waals surface area contributed by atoms with Crippen molar-refractivity contribution in [1.82, 2.24) is 20.3 Å². The van der Waals surface area contributed by atoms with Gasteiger partial charge in [-0.15, -0.1) is 0 Å². The van der Waals surface area contributed by atoms with Gasteiger partial charge in [-0.3, -0.25) is 4.90 Å². The first-order valence-corrected chi connectivity index (χ1v) is 12.4. The molecule has 0 saturated carbocycles. The number of carbonyl (C=O) groups is 1. The highest BCUT2D eigenvalue weighted by atomic mass is 32.2. The van der Waals surface area contributed by atoms with E-state index in [0.717, 1.165) is 31.6 Å². The summed E-state index contributed by atoms with van der Waals surface area (Å²) >= 11 is 0. The molecule has 7 nitrogen and oxygen atoms in total. The third-order valence-corrected chi connectivity index (χ3v) is 6.76. The number of rotatable bonds is 9. The minimum Gasteiger partial charge on any atom is -0.337 e. The van der Waals surface area contributed by atoms with E-state index in [2.05, 4.69) is 44.5 Å². The van der Waals surface area contributed by atoms with Gasteiger partial charge in [0.2, 0.25) is 10.0 Å². The van der Waals surface area contributed by atoms with Crippen LogP contribution < -0.4 is 15.4 Å². The molecule has 0 saturated heterocycles. The van der Waals surface area contributed by atoms with E-state index in [1.165, 1.54) is 11.1 Å². The number of nitrogens with zero attached hydrogens (tertiary/aromatic N) is 1. The van der Waals surface area contributed by atoms with Crippen LogP contribution in [0.15, 0.2) is 48.5 Å². The quantitative estimate of drug-likeness (QED) is 0.554. The average molecular weight is 445 g/mol. The maximum atomic E-state index is 12.3. The first-order valence-electron chi connectivity index (χ1n) is 10.7. The molecule has 2 aromatic carbocycles. The Morgan fingerprint density at radius 1 is 1.00 bits per heavy atom. The van der Waals surface area contributed by atoms with Crippen LogP contribution in [0.4, 0.5) is 4.79 Å². The van der Waals surface area contributed by atoms with Crippen LogP contribution in [-0.2, 0) is 35.3 Å². The zero-order valence-corrected chi connectivity index (χ0v) is 19.0. The molecule has 3 N–H and O–H groups in total. The summed E-state index contributed by atoms with van der Waals surface area (Å²) in [6.45, 7) is 7.10. The first-order chi connectivity index (χ1) is 14.8. The van der Waals surface area contributed by atoms with Crippen molar-refractivity contribution in [2.75, 3.05) is 19.6 Å². The molecule has 0 aliphatic carbocycles. The summed E-state index contributed by atoms with van der Waals surface area (Å²) in [6.07, 6.45) is 1.04. The van der Waals surface area contributed by atoms with Crippen molar-refractivity contribution in [2.24, 2.45) is 0 Å². The zero-order valence-electron chi connectivity index (χ0n) is 18.2. The van der Waals surface area contributed by atoms with E-state index in [1.54, 1.807) is 26.0 Å². The van der Waals surface area contributed by atoms with Gasteiger partial charge in [-0.1, -0.05) is 48.5 Å². The number of benzene rings is 2. The Hall–Kier alpha value is -2.42. The lowest BCUT2D eigenvalue weighted by molar-refractivity contribution is 0.230. The first kappa shape index (κ1) is 23.2. The van der Waals surface area contributed by atoms with Gasteiger partial charge in [0.15, 0.2) is 0 Å². The van der Waals surface area contributed by atoms with E-state index in [0.29, 0.717) is 12.1 Å². The van der Waals surface area contributed by atoms with Crippen LogP contribution in [0.2, 0.25) is 0 Å². The molecule has 0 unspecified atom stereocenters. The Balaban J connectivity index is 1.44. The summed E-state index contributed by atoms with van der Waals surface area (Å²) in [5.41, 5.74) is 4.24. The van der Waals surface area contributed by atoms with Gasteiger partial charge in [-0.2, -0.15) is 0 Å². The Bertz CT molecular complexity index is 992. The van der Waals surface area contributed by atoms with E-state index in [1.807, 2.05) is 12.1 Å². The van der Waals surface area contributed by atoms with Crippen molar-refractivity contribution >= 4 is 16.1 Å². The second-order valence-electron chi connectivity index (χ2n) is 8.20. The summed E-state index contributed by atoms with van der Waals surface area (Å²) in [6, 6.07) is 15.3. The topological polar surface area (TPSA) is 90.5 Å². The van der Waals surface area contributed by atoms with Gasteiger partial charge < -0.3 is 10.6 Å².